The van der Waals surface area contributed by atoms with Crippen molar-refractivity contribution in [1.82, 2.24) is 15.5 Å². The maximum Gasteiger partial charge on any atom is 0.244 e. The molecule has 1 aliphatic carbocycles. The highest BCUT2D eigenvalue weighted by atomic mass is 35.5. The second-order valence-electron chi connectivity index (χ2n) is 6.87. The van der Waals surface area contributed by atoms with Crippen molar-refractivity contribution in [2.24, 2.45) is 11.8 Å². The first-order chi connectivity index (χ1) is 10.6. The number of hydrogen-bond donors (Lipinski definition) is 2. The number of amides is 2. The van der Waals surface area contributed by atoms with E-state index < -0.39 is 0 Å². The van der Waals surface area contributed by atoms with E-state index >= 15 is 0 Å². The Balaban J connectivity index is 0.00000264. The van der Waals surface area contributed by atoms with Gasteiger partial charge in [-0.25, -0.2) is 0 Å². The number of rotatable bonds is 6. The molecule has 2 aliphatic rings. The highest BCUT2D eigenvalue weighted by Crippen LogP contribution is 2.25. The lowest BCUT2D eigenvalue weighted by atomic mass is 9.93. The predicted molar refractivity (Wildman–Crippen MR) is 94.7 cm³/mol. The number of piperidine rings is 1. The Labute approximate surface area is 146 Å². The standard InChI is InChI=1S/C17H31N3O2.ClH/c1-13(19-16(21)15-5-3-4-6-15)17(22)20-11-8-14(9-12-20)7-10-18-2;/h13-15,18H,3-12H2,1-2H3,(H,19,21);1H. The van der Waals surface area contributed by atoms with Gasteiger partial charge in [-0.3, -0.25) is 9.59 Å². The highest BCUT2D eigenvalue weighted by Gasteiger charge is 2.29. The summed E-state index contributed by atoms with van der Waals surface area (Å²) < 4.78 is 0. The molecule has 134 valence electrons. The highest BCUT2D eigenvalue weighted by molar-refractivity contribution is 5.88. The predicted octanol–water partition coefficient (Wildman–Crippen LogP) is 1.95. The van der Waals surface area contributed by atoms with Gasteiger partial charge in [0.1, 0.15) is 6.04 Å². The minimum Gasteiger partial charge on any atom is -0.344 e. The first-order valence-corrected chi connectivity index (χ1v) is 8.85. The zero-order chi connectivity index (χ0) is 15.9. The maximum absolute atomic E-state index is 12.5. The van der Waals surface area contributed by atoms with Crippen LogP contribution >= 0.6 is 12.4 Å². The van der Waals surface area contributed by atoms with Crippen LogP contribution in [0.15, 0.2) is 0 Å². The average Bonchev–Trinajstić information content (AvgIpc) is 3.07. The van der Waals surface area contributed by atoms with Gasteiger partial charge in [-0.1, -0.05) is 12.8 Å². The number of likely N-dealkylation sites (tertiary alicyclic amines) is 1. The van der Waals surface area contributed by atoms with Gasteiger partial charge in [0, 0.05) is 19.0 Å². The van der Waals surface area contributed by atoms with Crippen molar-refractivity contribution in [1.29, 1.82) is 0 Å². The van der Waals surface area contributed by atoms with Crippen LogP contribution in [-0.2, 0) is 9.59 Å². The smallest absolute Gasteiger partial charge is 0.244 e. The molecule has 2 rings (SSSR count). The van der Waals surface area contributed by atoms with Crippen LogP contribution in [0.3, 0.4) is 0 Å². The van der Waals surface area contributed by atoms with Crippen molar-refractivity contribution in [3.63, 3.8) is 0 Å². The third-order valence-corrected chi connectivity index (χ3v) is 5.18. The molecule has 1 saturated carbocycles. The molecule has 1 heterocycles. The van der Waals surface area contributed by atoms with Gasteiger partial charge < -0.3 is 15.5 Å². The van der Waals surface area contributed by atoms with E-state index in [1.807, 2.05) is 18.9 Å². The van der Waals surface area contributed by atoms with Crippen LogP contribution in [0.2, 0.25) is 0 Å². The molecule has 6 heteroatoms. The fourth-order valence-corrected chi connectivity index (χ4v) is 3.65. The van der Waals surface area contributed by atoms with E-state index in [-0.39, 0.29) is 36.2 Å². The van der Waals surface area contributed by atoms with Crippen molar-refractivity contribution in [2.45, 2.75) is 57.9 Å². The Kier molecular flexibility index (Phi) is 8.92. The summed E-state index contributed by atoms with van der Waals surface area (Å²) >= 11 is 0. The SMILES string of the molecule is CNCCC1CCN(C(=O)C(C)NC(=O)C2CCCC2)CC1.Cl. The first-order valence-electron chi connectivity index (χ1n) is 8.85. The quantitative estimate of drug-likeness (QED) is 0.773. The number of carbonyl (C=O) groups is 2. The molecule has 1 atom stereocenters. The van der Waals surface area contributed by atoms with Crippen molar-refractivity contribution in [3.05, 3.63) is 0 Å². The zero-order valence-electron chi connectivity index (χ0n) is 14.5. The topological polar surface area (TPSA) is 61.4 Å². The molecule has 5 nitrogen and oxygen atoms in total. The Morgan fingerprint density at radius 3 is 2.30 bits per heavy atom. The zero-order valence-corrected chi connectivity index (χ0v) is 15.3. The molecule has 1 saturated heterocycles. The summed E-state index contributed by atoms with van der Waals surface area (Å²) in [6.07, 6.45) is 7.58. The summed E-state index contributed by atoms with van der Waals surface area (Å²) in [7, 11) is 1.98. The molecule has 0 radical (unpaired) electrons. The third kappa shape index (κ3) is 5.96. The lowest BCUT2D eigenvalue weighted by molar-refractivity contribution is -0.138. The van der Waals surface area contributed by atoms with Gasteiger partial charge in [0.15, 0.2) is 0 Å². The Bertz CT molecular complexity index is 378. The number of nitrogens with one attached hydrogen (secondary N) is 2. The number of halogens is 1. The molecule has 23 heavy (non-hydrogen) atoms. The van der Waals surface area contributed by atoms with Gasteiger partial charge in [0.05, 0.1) is 0 Å². The molecular weight excluding hydrogens is 314 g/mol. The van der Waals surface area contributed by atoms with Gasteiger partial charge >= 0.3 is 0 Å². The number of carbonyl (C=O) groups excluding carboxylic acids is 2. The molecule has 2 N–H and O–H groups in total. The molecule has 2 amide bonds. The third-order valence-electron chi connectivity index (χ3n) is 5.18. The molecule has 0 bridgehead atoms. The normalized spacial score (nSPS) is 20.9. The first kappa shape index (κ1) is 20.2. The molecule has 0 aromatic heterocycles. The van der Waals surface area contributed by atoms with E-state index in [0.717, 1.165) is 64.1 Å². The summed E-state index contributed by atoms with van der Waals surface area (Å²) in [5.41, 5.74) is 0. The summed E-state index contributed by atoms with van der Waals surface area (Å²) in [5, 5.41) is 6.11. The molecule has 0 aromatic rings. The Morgan fingerprint density at radius 2 is 1.74 bits per heavy atom. The van der Waals surface area contributed by atoms with E-state index in [1.165, 1.54) is 6.42 Å². The fourth-order valence-electron chi connectivity index (χ4n) is 3.65. The number of nitrogens with zero attached hydrogens (tertiary/aromatic N) is 1. The largest absolute Gasteiger partial charge is 0.344 e. The van der Waals surface area contributed by atoms with E-state index in [2.05, 4.69) is 10.6 Å². The van der Waals surface area contributed by atoms with E-state index in [0.29, 0.717) is 0 Å². The van der Waals surface area contributed by atoms with Gasteiger partial charge in [-0.15, -0.1) is 12.4 Å². The van der Waals surface area contributed by atoms with Gasteiger partial charge in [0.2, 0.25) is 11.8 Å². The van der Waals surface area contributed by atoms with Crippen LogP contribution in [0.1, 0.15) is 51.9 Å². The minimum atomic E-state index is -0.387. The molecule has 0 spiro atoms. The lowest BCUT2D eigenvalue weighted by Crippen LogP contribution is -2.50. The molecule has 1 aliphatic heterocycles. The van der Waals surface area contributed by atoms with Crippen LogP contribution < -0.4 is 10.6 Å². The van der Waals surface area contributed by atoms with E-state index in [1.54, 1.807) is 0 Å². The summed E-state index contributed by atoms with van der Waals surface area (Å²) in [4.78, 5) is 26.5. The van der Waals surface area contributed by atoms with Crippen molar-refractivity contribution in [2.75, 3.05) is 26.7 Å². The van der Waals surface area contributed by atoms with Crippen LogP contribution in [0.25, 0.3) is 0 Å². The molecule has 2 fully saturated rings. The fraction of sp³-hybridized carbons (Fsp3) is 0.882. The van der Waals surface area contributed by atoms with Crippen LogP contribution in [0, 0.1) is 11.8 Å². The van der Waals surface area contributed by atoms with Gasteiger partial charge in [-0.05, 0) is 58.5 Å². The Morgan fingerprint density at radius 1 is 1.13 bits per heavy atom. The molecule has 1 unspecified atom stereocenters. The van der Waals surface area contributed by atoms with Gasteiger partial charge in [0.25, 0.3) is 0 Å². The maximum atomic E-state index is 12.5. The van der Waals surface area contributed by atoms with Crippen LogP contribution in [-0.4, -0.2) is 49.4 Å². The van der Waals surface area contributed by atoms with E-state index in [9.17, 15) is 9.59 Å². The summed E-state index contributed by atoms with van der Waals surface area (Å²) in [6, 6.07) is -0.387. The number of hydrogen-bond acceptors (Lipinski definition) is 3. The monoisotopic (exact) mass is 345 g/mol. The van der Waals surface area contributed by atoms with Crippen LogP contribution in [0.4, 0.5) is 0 Å². The molecule has 0 aromatic carbocycles. The van der Waals surface area contributed by atoms with Crippen LogP contribution in [0.5, 0.6) is 0 Å². The Hall–Kier alpha value is -0.810. The summed E-state index contributed by atoms with van der Waals surface area (Å²) in [6.45, 7) is 4.53. The molecular formula is C17H32ClN3O2. The lowest BCUT2D eigenvalue weighted by Gasteiger charge is -2.34. The summed E-state index contributed by atoms with van der Waals surface area (Å²) in [5.74, 6) is 1.00. The van der Waals surface area contributed by atoms with Crippen molar-refractivity contribution in [3.8, 4) is 0 Å². The minimum absolute atomic E-state index is 0. The second kappa shape index (κ2) is 10.1. The second-order valence-corrected chi connectivity index (χ2v) is 6.87. The van der Waals surface area contributed by atoms with Crippen molar-refractivity contribution >= 4 is 24.2 Å². The van der Waals surface area contributed by atoms with Crippen molar-refractivity contribution < 1.29 is 9.59 Å². The van der Waals surface area contributed by atoms with E-state index in [4.69, 9.17) is 0 Å². The average molecular weight is 346 g/mol. The van der Waals surface area contributed by atoms with Gasteiger partial charge in [-0.2, -0.15) is 0 Å².